The van der Waals surface area contributed by atoms with Crippen LogP contribution in [0.25, 0.3) is 0 Å². The number of carbonyl (C=O) groups excluding carboxylic acids is 1. The average Bonchev–Trinajstić information content (AvgIpc) is 2.74. The first-order chi connectivity index (χ1) is 8.50. The number of carboxylic acids is 1. The Balaban J connectivity index is 2.30. The average molecular weight is 286 g/mol. The number of hydrogen-bond acceptors (Lipinski definition) is 3. The van der Waals surface area contributed by atoms with Crippen LogP contribution in [-0.4, -0.2) is 33.7 Å². The van der Waals surface area contributed by atoms with E-state index in [9.17, 15) is 9.59 Å². The van der Waals surface area contributed by atoms with Gasteiger partial charge >= 0.3 is 5.97 Å². The van der Waals surface area contributed by atoms with E-state index in [1.165, 1.54) is 23.6 Å². The summed E-state index contributed by atoms with van der Waals surface area (Å²) < 4.78 is 0. The zero-order valence-corrected chi connectivity index (χ0v) is 11.2. The molecular formula is C12H12ClNO3S. The van der Waals surface area contributed by atoms with E-state index < -0.39 is 12.0 Å². The molecule has 1 aromatic rings. The van der Waals surface area contributed by atoms with Crippen LogP contribution < -0.4 is 0 Å². The van der Waals surface area contributed by atoms with Gasteiger partial charge in [0.15, 0.2) is 0 Å². The first kappa shape index (κ1) is 13.2. The summed E-state index contributed by atoms with van der Waals surface area (Å²) in [7, 11) is 0. The standard InChI is InChI=1S/C12H12ClNO3S/c1-7(15)14-10(12(16)17)6-18-11(14)8-2-4-9(13)5-3-8/h2-5,10-11H,6H2,1H3,(H,16,17)/t10-,11+/m0/s1. The summed E-state index contributed by atoms with van der Waals surface area (Å²) in [6.07, 6.45) is 0. The van der Waals surface area contributed by atoms with Gasteiger partial charge in [-0.25, -0.2) is 4.79 Å². The highest BCUT2D eigenvalue weighted by Gasteiger charge is 2.40. The number of hydrogen-bond donors (Lipinski definition) is 1. The lowest BCUT2D eigenvalue weighted by Gasteiger charge is -2.26. The zero-order valence-electron chi connectivity index (χ0n) is 9.67. The van der Waals surface area contributed by atoms with Crippen molar-refractivity contribution in [3.8, 4) is 0 Å². The van der Waals surface area contributed by atoms with Gasteiger partial charge in [-0.15, -0.1) is 11.8 Å². The maximum Gasteiger partial charge on any atom is 0.327 e. The molecule has 0 spiro atoms. The molecule has 0 unspecified atom stereocenters. The van der Waals surface area contributed by atoms with Crippen molar-refractivity contribution in [3.05, 3.63) is 34.9 Å². The second-order valence-corrected chi connectivity index (χ2v) is 5.57. The maximum atomic E-state index is 11.6. The normalized spacial score (nSPS) is 23.1. The Labute approximate surface area is 114 Å². The van der Waals surface area contributed by atoms with Crippen LogP contribution in [0.1, 0.15) is 17.9 Å². The van der Waals surface area contributed by atoms with Crippen molar-refractivity contribution < 1.29 is 14.7 Å². The molecular weight excluding hydrogens is 274 g/mol. The largest absolute Gasteiger partial charge is 0.480 e. The van der Waals surface area contributed by atoms with Crippen LogP contribution in [0.5, 0.6) is 0 Å². The minimum atomic E-state index is -0.964. The second-order valence-electron chi connectivity index (χ2n) is 4.02. The van der Waals surface area contributed by atoms with E-state index in [1.54, 1.807) is 12.1 Å². The Kier molecular flexibility index (Phi) is 3.82. The molecule has 0 radical (unpaired) electrons. The minimum absolute atomic E-state index is 0.229. The van der Waals surface area contributed by atoms with Crippen LogP contribution in [0, 0.1) is 0 Å². The second kappa shape index (κ2) is 5.20. The zero-order chi connectivity index (χ0) is 13.3. The number of aliphatic carboxylic acids is 1. The van der Waals surface area contributed by atoms with Gasteiger partial charge < -0.3 is 10.0 Å². The summed E-state index contributed by atoms with van der Waals surface area (Å²) in [6.45, 7) is 1.39. The number of carbonyl (C=O) groups is 2. The molecule has 2 atom stereocenters. The van der Waals surface area contributed by atoms with E-state index >= 15 is 0 Å². The molecule has 1 aliphatic rings. The molecule has 1 aromatic carbocycles. The van der Waals surface area contributed by atoms with E-state index in [0.717, 1.165) is 5.56 Å². The molecule has 0 aromatic heterocycles. The van der Waals surface area contributed by atoms with Crippen molar-refractivity contribution >= 4 is 35.2 Å². The van der Waals surface area contributed by atoms with Crippen molar-refractivity contribution in [3.63, 3.8) is 0 Å². The van der Waals surface area contributed by atoms with Crippen LogP contribution in [0.4, 0.5) is 0 Å². The highest BCUT2D eigenvalue weighted by molar-refractivity contribution is 7.99. The van der Waals surface area contributed by atoms with E-state index in [-0.39, 0.29) is 11.3 Å². The van der Waals surface area contributed by atoms with Crippen molar-refractivity contribution in [2.75, 3.05) is 5.75 Å². The van der Waals surface area contributed by atoms with Crippen LogP contribution in [0.3, 0.4) is 0 Å². The van der Waals surface area contributed by atoms with Crippen LogP contribution in [-0.2, 0) is 9.59 Å². The molecule has 0 saturated carbocycles. The van der Waals surface area contributed by atoms with Crippen molar-refractivity contribution in [1.82, 2.24) is 4.90 Å². The molecule has 1 amide bonds. The van der Waals surface area contributed by atoms with Crippen molar-refractivity contribution in [2.24, 2.45) is 0 Å². The smallest absolute Gasteiger partial charge is 0.327 e. The van der Waals surface area contributed by atoms with E-state index in [0.29, 0.717) is 10.8 Å². The lowest BCUT2D eigenvalue weighted by atomic mass is 10.2. The molecule has 4 nitrogen and oxygen atoms in total. The van der Waals surface area contributed by atoms with Crippen LogP contribution in [0.2, 0.25) is 5.02 Å². The predicted octanol–water partition coefficient (Wildman–Crippen LogP) is 2.39. The molecule has 0 aliphatic carbocycles. The molecule has 18 heavy (non-hydrogen) atoms. The fourth-order valence-electron chi connectivity index (χ4n) is 1.97. The van der Waals surface area contributed by atoms with Gasteiger partial charge in [0.2, 0.25) is 5.91 Å². The molecule has 1 N–H and O–H groups in total. The van der Waals surface area contributed by atoms with Crippen molar-refractivity contribution in [1.29, 1.82) is 0 Å². The molecule has 1 fully saturated rings. The fourth-order valence-corrected chi connectivity index (χ4v) is 3.56. The number of thioether (sulfide) groups is 1. The Morgan fingerprint density at radius 1 is 1.39 bits per heavy atom. The Morgan fingerprint density at radius 3 is 2.50 bits per heavy atom. The number of halogens is 1. The molecule has 1 saturated heterocycles. The lowest BCUT2D eigenvalue weighted by molar-refractivity contribution is -0.148. The van der Waals surface area contributed by atoms with Crippen LogP contribution >= 0.6 is 23.4 Å². The van der Waals surface area contributed by atoms with Crippen LogP contribution in [0.15, 0.2) is 24.3 Å². The predicted molar refractivity (Wildman–Crippen MR) is 70.6 cm³/mol. The number of carboxylic acid groups (broad SMARTS) is 1. The van der Waals surface area contributed by atoms with Gasteiger partial charge in [0.25, 0.3) is 0 Å². The van der Waals surface area contributed by atoms with Gasteiger partial charge in [0.05, 0.1) is 0 Å². The van der Waals surface area contributed by atoms with E-state index in [4.69, 9.17) is 16.7 Å². The Morgan fingerprint density at radius 2 is 2.00 bits per heavy atom. The Bertz CT molecular complexity index is 477. The summed E-state index contributed by atoms with van der Waals surface area (Å²) in [4.78, 5) is 24.2. The Hall–Kier alpha value is -1.20. The molecule has 0 bridgehead atoms. The number of amides is 1. The van der Waals surface area contributed by atoms with Gasteiger partial charge in [-0.2, -0.15) is 0 Å². The third-order valence-corrected chi connectivity index (χ3v) is 4.38. The number of benzene rings is 1. The highest BCUT2D eigenvalue weighted by Crippen LogP contribution is 2.41. The summed E-state index contributed by atoms with van der Waals surface area (Å²) in [5.74, 6) is -0.788. The van der Waals surface area contributed by atoms with Gasteiger partial charge in [-0.1, -0.05) is 23.7 Å². The third-order valence-electron chi connectivity index (χ3n) is 2.80. The molecule has 1 aliphatic heterocycles. The summed E-state index contributed by atoms with van der Waals surface area (Å²) >= 11 is 7.27. The first-order valence-corrected chi connectivity index (χ1v) is 6.82. The number of nitrogens with zero attached hydrogens (tertiary/aromatic N) is 1. The quantitative estimate of drug-likeness (QED) is 0.906. The molecule has 1 heterocycles. The highest BCUT2D eigenvalue weighted by atomic mass is 35.5. The summed E-state index contributed by atoms with van der Waals surface area (Å²) in [5.41, 5.74) is 0.892. The maximum absolute atomic E-state index is 11.6. The fraction of sp³-hybridized carbons (Fsp3) is 0.333. The third kappa shape index (κ3) is 2.47. The summed E-state index contributed by atoms with van der Waals surface area (Å²) in [5, 5.41) is 9.48. The SMILES string of the molecule is CC(=O)N1[C@@H](c2ccc(Cl)cc2)SC[C@H]1C(=O)O. The number of rotatable bonds is 2. The molecule has 96 valence electrons. The first-order valence-electron chi connectivity index (χ1n) is 5.39. The van der Waals surface area contributed by atoms with Crippen molar-refractivity contribution in [2.45, 2.75) is 18.3 Å². The van der Waals surface area contributed by atoms with Gasteiger partial charge in [0, 0.05) is 17.7 Å². The van der Waals surface area contributed by atoms with E-state index in [2.05, 4.69) is 0 Å². The van der Waals surface area contributed by atoms with Gasteiger partial charge in [-0.05, 0) is 17.7 Å². The topological polar surface area (TPSA) is 57.6 Å². The van der Waals surface area contributed by atoms with E-state index in [1.807, 2.05) is 12.1 Å². The minimum Gasteiger partial charge on any atom is -0.480 e. The van der Waals surface area contributed by atoms with Gasteiger partial charge in [0.1, 0.15) is 11.4 Å². The summed E-state index contributed by atoms with van der Waals surface area (Å²) in [6, 6.07) is 6.36. The molecule has 2 rings (SSSR count). The lowest BCUT2D eigenvalue weighted by Crippen LogP contribution is -2.41. The monoisotopic (exact) mass is 285 g/mol. The molecule has 6 heteroatoms. The van der Waals surface area contributed by atoms with Gasteiger partial charge in [-0.3, -0.25) is 4.79 Å².